The summed E-state index contributed by atoms with van der Waals surface area (Å²) in [7, 11) is 1.93. The van der Waals surface area contributed by atoms with Crippen molar-refractivity contribution in [1.82, 2.24) is 24.6 Å². The summed E-state index contributed by atoms with van der Waals surface area (Å²) in [6.07, 6.45) is 10.3. The molecule has 9 heteroatoms. The molecular formula is C33H48N6O2S. The fourth-order valence-corrected chi connectivity index (χ4v) is 6.18. The first kappa shape index (κ1) is 33.3. The minimum Gasteiger partial charge on any atom is -0.421 e. The largest absolute Gasteiger partial charge is 0.421 e. The molecule has 0 aromatic carbocycles. The third-order valence-electron chi connectivity index (χ3n) is 6.76. The molecule has 0 atom stereocenters. The molecule has 8 nitrogen and oxygen atoms in total. The highest BCUT2D eigenvalue weighted by Crippen LogP contribution is 2.45. The maximum atomic E-state index is 6.00. The van der Waals surface area contributed by atoms with Gasteiger partial charge in [-0.3, -0.25) is 9.38 Å². The lowest BCUT2D eigenvalue weighted by atomic mass is 9.91. The smallest absolute Gasteiger partial charge is 0.250 e. The highest BCUT2D eigenvalue weighted by Gasteiger charge is 2.30. The molecular weight excluding hydrogens is 544 g/mol. The van der Waals surface area contributed by atoms with Crippen LogP contribution in [0.15, 0.2) is 46.4 Å². The van der Waals surface area contributed by atoms with Gasteiger partial charge in [-0.05, 0) is 50.7 Å². The first-order chi connectivity index (χ1) is 20.5. The lowest BCUT2D eigenvalue weighted by Gasteiger charge is -2.22. The molecule has 4 aromatic rings. The van der Waals surface area contributed by atoms with Crippen molar-refractivity contribution < 1.29 is 9.15 Å². The van der Waals surface area contributed by atoms with E-state index in [1.807, 2.05) is 64.7 Å². The summed E-state index contributed by atoms with van der Waals surface area (Å²) in [6, 6.07) is 6.10. The third kappa shape index (κ3) is 8.01. The Labute approximate surface area is 255 Å². The number of nitrogens with one attached hydrogen (secondary N) is 1. The predicted molar refractivity (Wildman–Crippen MR) is 175 cm³/mol. The second-order valence-corrected chi connectivity index (χ2v) is 11.1. The molecule has 0 amide bonds. The topological polar surface area (TPSA) is 90.4 Å². The van der Waals surface area contributed by atoms with E-state index in [0.717, 1.165) is 90.7 Å². The summed E-state index contributed by atoms with van der Waals surface area (Å²) in [5.41, 5.74) is 6.02. The van der Waals surface area contributed by atoms with Crippen molar-refractivity contribution >= 4 is 23.2 Å². The number of aryl methyl sites for hydroxylation is 3. The van der Waals surface area contributed by atoms with Crippen molar-refractivity contribution in [2.75, 3.05) is 31.3 Å². The zero-order valence-electron chi connectivity index (χ0n) is 26.5. The number of fused-ring (bicyclic) bond motifs is 2. The van der Waals surface area contributed by atoms with E-state index in [1.54, 1.807) is 6.08 Å². The summed E-state index contributed by atoms with van der Waals surface area (Å²) in [5.74, 6) is 3.76. The SMILES string of the molecule is C=CC.CC.CCC.CNc1cccc2nc(-c3c4c(nc(CCC5CCOCC5)c3-c3nnc(C)o3)CCS4)cn12. The number of imidazole rings is 1. The maximum Gasteiger partial charge on any atom is 0.250 e. The third-order valence-corrected chi connectivity index (χ3v) is 7.89. The Bertz CT molecular complexity index is 1410. The van der Waals surface area contributed by atoms with Crippen LogP contribution in [0.4, 0.5) is 5.82 Å². The monoisotopic (exact) mass is 592 g/mol. The first-order valence-corrected chi connectivity index (χ1v) is 16.3. The van der Waals surface area contributed by atoms with Gasteiger partial charge >= 0.3 is 0 Å². The van der Waals surface area contributed by atoms with Gasteiger partial charge in [0.1, 0.15) is 11.5 Å². The summed E-state index contributed by atoms with van der Waals surface area (Å²) >= 11 is 1.85. The van der Waals surface area contributed by atoms with Gasteiger partial charge in [0.05, 0.1) is 22.6 Å². The number of ether oxygens (including phenoxy) is 1. The van der Waals surface area contributed by atoms with E-state index < -0.39 is 0 Å². The van der Waals surface area contributed by atoms with Gasteiger partial charge in [-0.25, -0.2) is 4.98 Å². The van der Waals surface area contributed by atoms with Gasteiger partial charge in [0.2, 0.25) is 11.8 Å². The number of rotatable bonds is 6. The van der Waals surface area contributed by atoms with E-state index in [2.05, 4.69) is 46.5 Å². The highest BCUT2D eigenvalue weighted by atomic mass is 32.2. The summed E-state index contributed by atoms with van der Waals surface area (Å²) < 4.78 is 13.7. The molecule has 0 radical (unpaired) electrons. The Morgan fingerprint density at radius 1 is 1.12 bits per heavy atom. The van der Waals surface area contributed by atoms with Gasteiger partial charge in [0.15, 0.2) is 0 Å². The second-order valence-electron chi connectivity index (χ2n) is 10.0. The molecule has 228 valence electrons. The lowest BCUT2D eigenvalue weighted by Crippen LogP contribution is -2.16. The molecule has 42 heavy (non-hydrogen) atoms. The van der Waals surface area contributed by atoms with E-state index in [-0.39, 0.29) is 0 Å². The quantitative estimate of drug-likeness (QED) is 0.223. The number of aromatic nitrogens is 5. The maximum absolute atomic E-state index is 6.00. The average Bonchev–Trinajstić information content (AvgIpc) is 3.77. The van der Waals surface area contributed by atoms with Crippen LogP contribution < -0.4 is 5.32 Å². The minimum absolute atomic E-state index is 0.531. The molecule has 1 N–H and O–H groups in total. The van der Waals surface area contributed by atoms with Crippen LogP contribution in [0.1, 0.15) is 77.6 Å². The number of hydrogen-bond donors (Lipinski definition) is 1. The Balaban J connectivity index is 0.000000550. The first-order valence-electron chi connectivity index (χ1n) is 15.3. The molecule has 2 aliphatic rings. The van der Waals surface area contributed by atoms with Gasteiger partial charge < -0.3 is 14.5 Å². The number of allylic oxidation sites excluding steroid dienone is 1. The number of hydrogen-bond acceptors (Lipinski definition) is 8. The standard InChI is InChI=1S/C25H28N6O2S.C3H8.C3H6.C2H6/c1-15-29-30-25(33-15)23-17(7-6-16-8-11-32-12-9-16)27-18-10-13-34-24(18)22(23)19-14-31-20(26-2)4-3-5-21(31)28-19;2*1-3-2;1-2/h3-5,14,16,26H,6-13H2,1-2H3;3H2,1-2H3;3H,1H2,2H3;1-2H3. The molecule has 0 saturated carbocycles. The van der Waals surface area contributed by atoms with E-state index in [1.165, 1.54) is 11.3 Å². The van der Waals surface area contributed by atoms with E-state index in [4.69, 9.17) is 19.1 Å². The van der Waals surface area contributed by atoms with Crippen molar-refractivity contribution in [1.29, 1.82) is 0 Å². The predicted octanol–water partition coefficient (Wildman–Crippen LogP) is 8.44. The van der Waals surface area contributed by atoms with Gasteiger partial charge in [-0.2, -0.15) is 0 Å². The number of pyridine rings is 2. The van der Waals surface area contributed by atoms with Crippen molar-refractivity contribution in [2.24, 2.45) is 5.92 Å². The van der Waals surface area contributed by atoms with Crippen molar-refractivity contribution in [3.8, 4) is 22.7 Å². The summed E-state index contributed by atoms with van der Waals surface area (Å²) in [5, 5.41) is 11.8. The number of anilines is 1. The minimum atomic E-state index is 0.531. The molecule has 6 rings (SSSR count). The van der Waals surface area contributed by atoms with E-state index >= 15 is 0 Å². The van der Waals surface area contributed by atoms with Crippen LogP contribution in [0.5, 0.6) is 0 Å². The zero-order chi connectivity index (χ0) is 30.5. The van der Waals surface area contributed by atoms with Crippen molar-refractivity contribution in [3.63, 3.8) is 0 Å². The molecule has 0 spiro atoms. The van der Waals surface area contributed by atoms with Gasteiger partial charge in [-0.1, -0.05) is 46.3 Å². The fourth-order valence-electron chi connectivity index (χ4n) is 5.01. The normalized spacial score (nSPS) is 14.1. The van der Waals surface area contributed by atoms with Gasteiger partial charge in [0, 0.05) is 56.0 Å². The molecule has 1 fully saturated rings. The van der Waals surface area contributed by atoms with Crippen LogP contribution in [0.2, 0.25) is 0 Å². The Morgan fingerprint density at radius 2 is 1.83 bits per heavy atom. The molecule has 0 aliphatic carbocycles. The van der Waals surface area contributed by atoms with E-state index in [9.17, 15) is 0 Å². The molecule has 2 aliphatic heterocycles. The van der Waals surface area contributed by atoms with Crippen LogP contribution >= 0.6 is 11.8 Å². The molecule has 6 heterocycles. The Kier molecular flexibility index (Phi) is 13.5. The van der Waals surface area contributed by atoms with Crippen LogP contribution in [-0.2, 0) is 17.6 Å². The van der Waals surface area contributed by atoms with Crippen LogP contribution in [0.25, 0.3) is 28.4 Å². The molecule has 0 unspecified atom stereocenters. The molecule has 0 bridgehead atoms. The van der Waals surface area contributed by atoms with Crippen LogP contribution in [-0.4, -0.2) is 50.6 Å². The average molecular weight is 593 g/mol. The zero-order valence-corrected chi connectivity index (χ0v) is 27.3. The number of thioether (sulfide) groups is 1. The lowest BCUT2D eigenvalue weighted by molar-refractivity contribution is 0.0639. The van der Waals surface area contributed by atoms with Crippen LogP contribution in [0, 0.1) is 12.8 Å². The van der Waals surface area contributed by atoms with Gasteiger partial charge in [-0.15, -0.1) is 28.5 Å². The summed E-state index contributed by atoms with van der Waals surface area (Å²) in [4.78, 5) is 11.4. The highest BCUT2D eigenvalue weighted by molar-refractivity contribution is 7.99. The fraction of sp³-hybridized carbons (Fsp3) is 0.515. The Morgan fingerprint density at radius 3 is 2.48 bits per heavy atom. The van der Waals surface area contributed by atoms with Crippen molar-refractivity contribution in [3.05, 3.63) is 54.3 Å². The number of nitrogens with zero attached hydrogens (tertiary/aromatic N) is 5. The van der Waals surface area contributed by atoms with Crippen molar-refractivity contribution in [2.45, 2.75) is 85.0 Å². The molecule has 4 aromatic heterocycles. The second kappa shape index (κ2) is 17.1. The van der Waals surface area contributed by atoms with Crippen LogP contribution in [0.3, 0.4) is 0 Å². The molecule has 1 saturated heterocycles. The summed E-state index contributed by atoms with van der Waals surface area (Å²) in [6.45, 7) is 17.0. The van der Waals surface area contributed by atoms with E-state index in [0.29, 0.717) is 17.7 Å². The Hall–Kier alpha value is -3.17. The van der Waals surface area contributed by atoms with Gasteiger partial charge in [0.25, 0.3) is 0 Å².